The zero-order chi connectivity index (χ0) is 23.4. The Morgan fingerprint density at radius 2 is 1.73 bits per heavy atom. The van der Waals surface area contributed by atoms with E-state index in [0.717, 1.165) is 39.0 Å². The van der Waals surface area contributed by atoms with Gasteiger partial charge in [0.25, 0.3) is 0 Å². The van der Waals surface area contributed by atoms with Crippen LogP contribution in [0.1, 0.15) is 24.5 Å². The minimum Gasteiger partial charge on any atom is -0.497 e. The molecule has 0 bridgehead atoms. The van der Waals surface area contributed by atoms with Crippen molar-refractivity contribution in [3.05, 3.63) is 77.9 Å². The molecule has 0 spiro atoms. The molecule has 4 aromatic rings. The molecule has 33 heavy (non-hydrogen) atoms. The molecular weight excluding hydrogens is 414 g/mol. The van der Waals surface area contributed by atoms with Crippen molar-refractivity contribution in [1.29, 1.82) is 0 Å². The second-order valence-electron chi connectivity index (χ2n) is 8.01. The first-order valence-corrected chi connectivity index (χ1v) is 10.9. The van der Waals surface area contributed by atoms with Crippen LogP contribution in [-0.2, 0) is 16.0 Å². The quantitative estimate of drug-likeness (QED) is 0.345. The molecule has 168 valence electrons. The molecule has 0 radical (unpaired) electrons. The zero-order valence-electron chi connectivity index (χ0n) is 19.0. The van der Waals surface area contributed by atoms with E-state index >= 15 is 0 Å². The molecule has 0 aliphatic rings. The molecule has 0 unspecified atom stereocenters. The van der Waals surface area contributed by atoms with Crippen LogP contribution in [0.5, 0.6) is 5.75 Å². The molecule has 1 aromatic heterocycles. The number of anilines is 2. The monoisotopic (exact) mass is 441 g/mol. The first-order chi connectivity index (χ1) is 15.9. The summed E-state index contributed by atoms with van der Waals surface area (Å²) < 4.78 is 5.28. The number of carbonyl (C=O) groups is 2. The number of ether oxygens (including phenoxy) is 1. The SMILES string of the molecule is COc1ccc(-c2[nH]c3ccccc3c2CCC(=O)Nc2cc(NC(C)=O)ccc2C)cc1. The number of aromatic amines is 1. The van der Waals surface area contributed by atoms with Crippen molar-refractivity contribution < 1.29 is 14.3 Å². The smallest absolute Gasteiger partial charge is 0.224 e. The summed E-state index contributed by atoms with van der Waals surface area (Å²) in [5.41, 5.74) is 6.48. The van der Waals surface area contributed by atoms with Crippen LogP contribution in [0.15, 0.2) is 66.7 Å². The van der Waals surface area contributed by atoms with E-state index in [-0.39, 0.29) is 11.8 Å². The number of aromatic nitrogens is 1. The maximum Gasteiger partial charge on any atom is 0.224 e. The Bertz CT molecular complexity index is 1310. The van der Waals surface area contributed by atoms with Gasteiger partial charge in [-0.3, -0.25) is 9.59 Å². The molecule has 6 nitrogen and oxygen atoms in total. The van der Waals surface area contributed by atoms with Gasteiger partial charge in [0.05, 0.1) is 7.11 Å². The third-order valence-corrected chi connectivity index (χ3v) is 5.63. The number of hydrogen-bond acceptors (Lipinski definition) is 3. The molecular formula is C27H27N3O3. The highest BCUT2D eigenvalue weighted by molar-refractivity contribution is 5.95. The van der Waals surface area contributed by atoms with Crippen LogP contribution in [0.3, 0.4) is 0 Å². The number of amides is 2. The van der Waals surface area contributed by atoms with Crippen LogP contribution in [0, 0.1) is 6.92 Å². The van der Waals surface area contributed by atoms with Crippen LogP contribution in [-0.4, -0.2) is 23.9 Å². The van der Waals surface area contributed by atoms with Crippen molar-refractivity contribution in [3.63, 3.8) is 0 Å². The molecule has 2 amide bonds. The molecule has 0 fully saturated rings. The Kier molecular flexibility index (Phi) is 6.45. The molecule has 6 heteroatoms. The largest absolute Gasteiger partial charge is 0.497 e. The van der Waals surface area contributed by atoms with Crippen molar-refractivity contribution in [2.45, 2.75) is 26.7 Å². The van der Waals surface area contributed by atoms with Gasteiger partial charge >= 0.3 is 0 Å². The lowest BCUT2D eigenvalue weighted by atomic mass is 10.0. The van der Waals surface area contributed by atoms with Gasteiger partial charge in [-0.2, -0.15) is 0 Å². The van der Waals surface area contributed by atoms with E-state index in [1.165, 1.54) is 6.92 Å². The summed E-state index contributed by atoms with van der Waals surface area (Å²) in [5, 5.41) is 6.85. The van der Waals surface area contributed by atoms with Gasteiger partial charge in [0.1, 0.15) is 5.75 Å². The highest BCUT2D eigenvalue weighted by Crippen LogP contribution is 2.32. The van der Waals surface area contributed by atoms with E-state index in [1.54, 1.807) is 13.2 Å². The summed E-state index contributed by atoms with van der Waals surface area (Å²) in [6.45, 7) is 3.38. The third kappa shape index (κ3) is 5.06. The van der Waals surface area contributed by atoms with E-state index in [4.69, 9.17) is 4.74 Å². The Morgan fingerprint density at radius 1 is 0.970 bits per heavy atom. The molecule has 1 heterocycles. The second kappa shape index (κ2) is 9.61. The average molecular weight is 442 g/mol. The van der Waals surface area contributed by atoms with E-state index < -0.39 is 0 Å². The van der Waals surface area contributed by atoms with Crippen molar-refractivity contribution in [2.75, 3.05) is 17.7 Å². The Balaban J connectivity index is 1.55. The van der Waals surface area contributed by atoms with Gasteiger partial charge in [-0.15, -0.1) is 0 Å². The van der Waals surface area contributed by atoms with Crippen LogP contribution in [0.25, 0.3) is 22.2 Å². The van der Waals surface area contributed by atoms with Crippen LogP contribution in [0.4, 0.5) is 11.4 Å². The number of rotatable bonds is 7. The van der Waals surface area contributed by atoms with Gasteiger partial charge in [0, 0.05) is 41.3 Å². The van der Waals surface area contributed by atoms with Gasteiger partial charge in [0.2, 0.25) is 11.8 Å². The number of fused-ring (bicyclic) bond motifs is 1. The van der Waals surface area contributed by atoms with Crippen molar-refractivity contribution in [2.24, 2.45) is 0 Å². The minimum atomic E-state index is -0.151. The van der Waals surface area contributed by atoms with Crippen LogP contribution in [0.2, 0.25) is 0 Å². The fourth-order valence-electron chi connectivity index (χ4n) is 3.95. The summed E-state index contributed by atoms with van der Waals surface area (Å²) in [5.74, 6) is 0.568. The first kappa shape index (κ1) is 22.1. The lowest BCUT2D eigenvalue weighted by Gasteiger charge is -2.11. The van der Waals surface area contributed by atoms with Gasteiger partial charge in [-0.05, 0) is 72.5 Å². The number of carbonyl (C=O) groups excluding carboxylic acids is 2. The molecule has 0 saturated carbocycles. The predicted octanol–water partition coefficient (Wildman–Crippen LogP) is 5.68. The maximum absolute atomic E-state index is 12.8. The number of hydrogen-bond donors (Lipinski definition) is 3. The number of aryl methyl sites for hydroxylation is 2. The summed E-state index contributed by atoms with van der Waals surface area (Å²) in [6.07, 6.45) is 0.913. The zero-order valence-corrected chi connectivity index (χ0v) is 19.0. The number of H-pyrrole nitrogens is 1. The fraction of sp³-hybridized carbons (Fsp3) is 0.185. The number of benzene rings is 3. The number of nitrogens with one attached hydrogen (secondary N) is 3. The maximum atomic E-state index is 12.8. The van der Waals surface area contributed by atoms with E-state index in [9.17, 15) is 9.59 Å². The summed E-state index contributed by atoms with van der Waals surface area (Å²) in [6, 6.07) is 21.5. The molecule has 3 N–H and O–H groups in total. The Labute approximate surface area is 193 Å². The second-order valence-corrected chi connectivity index (χ2v) is 8.01. The summed E-state index contributed by atoms with van der Waals surface area (Å²) >= 11 is 0. The normalized spacial score (nSPS) is 10.8. The molecule has 0 aliphatic carbocycles. The van der Waals surface area contributed by atoms with E-state index in [2.05, 4.69) is 21.7 Å². The van der Waals surface area contributed by atoms with Gasteiger partial charge in [-0.25, -0.2) is 0 Å². The van der Waals surface area contributed by atoms with Crippen LogP contribution >= 0.6 is 0 Å². The van der Waals surface area contributed by atoms with E-state index in [0.29, 0.717) is 24.2 Å². The Morgan fingerprint density at radius 3 is 2.45 bits per heavy atom. The number of methoxy groups -OCH3 is 1. The van der Waals surface area contributed by atoms with Crippen molar-refractivity contribution >= 4 is 34.1 Å². The molecule has 3 aromatic carbocycles. The highest BCUT2D eigenvalue weighted by atomic mass is 16.5. The Hall–Kier alpha value is -4.06. The standard InChI is InChI=1S/C27H27N3O3/c1-17-8-11-20(28-18(2)31)16-25(17)29-26(32)15-14-23-22-6-4-5-7-24(22)30-27(23)19-9-12-21(33-3)13-10-19/h4-13,16,30H,14-15H2,1-3H3,(H,28,31)(H,29,32). The lowest BCUT2D eigenvalue weighted by Crippen LogP contribution is -2.14. The third-order valence-electron chi connectivity index (χ3n) is 5.63. The fourth-order valence-corrected chi connectivity index (χ4v) is 3.95. The molecule has 0 saturated heterocycles. The van der Waals surface area contributed by atoms with Gasteiger partial charge < -0.3 is 20.4 Å². The lowest BCUT2D eigenvalue weighted by molar-refractivity contribution is -0.116. The van der Waals surface area contributed by atoms with Crippen LogP contribution < -0.4 is 15.4 Å². The average Bonchev–Trinajstić information content (AvgIpc) is 3.18. The summed E-state index contributed by atoms with van der Waals surface area (Å²) in [7, 11) is 1.65. The predicted molar refractivity (Wildman–Crippen MR) is 133 cm³/mol. The van der Waals surface area contributed by atoms with Gasteiger partial charge in [0.15, 0.2) is 0 Å². The molecule has 0 aliphatic heterocycles. The first-order valence-electron chi connectivity index (χ1n) is 10.9. The van der Waals surface area contributed by atoms with Gasteiger partial charge in [-0.1, -0.05) is 24.3 Å². The molecule has 0 atom stereocenters. The topological polar surface area (TPSA) is 83.2 Å². The minimum absolute atomic E-state index is 0.0796. The van der Waals surface area contributed by atoms with E-state index in [1.807, 2.05) is 61.5 Å². The molecule has 4 rings (SSSR count). The van der Waals surface area contributed by atoms with Crippen molar-refractivity contribution in [1.82, 2.24) is 4.98 Å². The van der Waals surface area contributed by atoms with Crippen molar-refractivity contribution in [3.8, 4) is 17.0 Å². The summed E-state index contributed by atoms with van der Waals surface area (Å²) in [4.78, 5) is 27.7. The highest BCUT2D eigenvalue weighted by Gasteiger charge is 2.15. The number of para-hydroxylation sites is 1.